The minimum absolute atomic E-state index is 0. The number of carbonyl (C=O) groups is 1. The van der Waals surface area contributed by atoms with E-state index in [1.54, 1.807) is 0 Å². The Morgan fingerprint density at radius 2 is 2.11 bits per heavy atom. The molecule has 3 unspecified atom stereocenters. The summed E-state index contributed by atoms with van der Waals surface area (Å²) in [7, 11) is 3.80. The number of halogens is 1. The van der Waals surface area contributed by atoms with Crippen LogP contribution in [0.25, 0.3) is 0 Å². The zero-order valence-corrected chi connectivity index (χ0v) is 13.8. The van der Waals surface area contributed by atoms with Gasteiger partial charge in [-0.05, 0) is 20.4 Å². The highest BCUT2D eigenvalue weighted by Gasteiger charge is 2.51. The highest BCUT2D eigenvalue weighted by atomic mass is 35.5. The van der Waals surface area contributed by atoms with E-state index in [2.05, 4.69) is 19.2 Å². The van der Waals surface area contributed by atoms with Crippen LogP contribution in [0.15, 0.2) is 0 Å². The van der Waals surface area contributed by atoms with Gasteiger partial charge in [-0.25, -0.2) is 0 Å². The number of rotatable bonds is 6. The zero-order valence-electron chi connectivity index (χ0n) is 13.0. The second-order valence-electron chi connectivity index (χ2n) is 5.92. The van der Waals surface area contributed by atoms with Crippen molar-refractivity contribution in [2.24, 2.45) is 11.3 Å². The summed E-state index contributed by atoms with van der Waals surface area (Å²) in [6.45, 7) is 9.84. The molecule has 0 heterocycles. The molecular weight excluding hydrogens is 264 g/mol. The van der Waals surface area contributed by atoms with E-state index in [4.69, 9.17) is 4.74 Å². The monoisotopic (exact) mass is 292 g/mol. The molecule has 1 N–H and O–H groups in total. The Labute approximate surface area is 123 Å². The first-order chi connectivity index (χ1) is 8.36. The Kier molecular flexibility index (Phi) is 7.33. The lowest BCUT2D eigenvalue weighted by molar-refractivity contribution is -0.165. The van der Waals surface area contributed by atoms with E-state index < -0.39 is 0 Å². The molecule has 1 saturated carbocycles. The molecule has 0 aliphatic heterocycles. The van der Waals surface area contributed by atoms with E-state index >= 15 is 0 Å². The molecule has 1 rings (SSSR count). The van der Waals surface area contributed by atoms with E-state index in [-0.39, 0.29) is 35.8 Å². The zero-order chi connectivity index (χ0) is 13.9. The summed E-state index contributed by atoms with van der Waals surface area (Å²) in [6.07, 6.45) is 1.23. The van der Waals surface area contributed by atoms with Gasteiger partial charge >= 0.3 is 0 Å². The molecule has 3 atom stereocenters. The number of nitrogens with zero attached hydrogens (tertiary/aromatic N) is 1. The number of nitrogens with one attached hydrogen (secondary N) is 1. The molecular formula is C14H29ClN2O2. The van der Waals surface area contributed by atoms with Crippen molar-refractivity contribution >= 4 is 18.3 Å². The summed E-state index contributed by atoms with van der Waals surface area (Å²) in [6, 6.07) is 0.292. The van der Waals surface area contributed by atoms with Gasteiger partial charge in [0.25, 0.3) is 0 Å². The van der Waals surface area contributed by atoms with Crippen LogP contribution in [-0.4, -0.2) is 50.2 Å². The van der Waals surface area contributed by atoms with Crippen LogP contribution in [0, 0.1) is 11.3 Å². The van der Waals surface area contributed by atoms with Crippen molar-refractivity contribution in [3.05, 3.63) is 0 Å². The molecule has 1 amide bonds. The Balaban J connectivity index is 0.00000324. The van der Waals surface area contributed by atoms with E-state index in [0.717, 1.165) is 19.6 Å². The van der Waals surface area contributed by atoms with Crippen LogP contribution in [-0.2, 0) is 9.53 Å². The van der Waals surface area contributed by atoms with Crippen molar-refractivity contribution in [2.75, 3.05) is 27.2 Å². The smallest absolute Gasteiger partial charge is 0.226 e. The maximum absolute atomic E-state index is 12.3. The fraction of sp³-hybridized carbons (Fsp3) is 0.929. The molecule has 19 heavy (non-hydrogen) atoms. The van der Waals surface area contributed by atoms with Crippen LogP contribution >= 0.6 is 12.4 Å². The van der Waals surface area contributed by atoms with Gasteiger partial charge in [-0.1, -0.05) is 20.8 Å². The number of hydrogen-bond acceptors (Lipinski definition) is 3. The minimum Gasteiger partial charge on any atom is -0.378 e. The van der Waals surface area contributed by atoms with Crippen molar-refractivity contribution in [3.8, 4) is 0 Å². The van der Waals surface area contributed by atoms with Gasteiger partial charge in [0, 0.05) is 37.6 Å². The molecule has 1 aliphatic carbocycles. The Hall–Kier alpha value is -0.320. The van der Waals surface area contributed by atoms with Crippen LogP contribution in [0.3, 0.4) is 0 Å². The Morgan fingerprint density at radius 1 is 1.53 bits per heavy atom. The number of carbonyl (C=O) groups excluding carboxylic acids is 1. The fourth-order valence-corrected chi connectivity index (χ4v) is 2.90. The molecule has 114 valence electrons. The van der Waals surface area contributed by atoms with Gasteiger partial charge in [0.1, 0.15) is 0 Å². The third kappa shape index (κ3) is 3.83. The van der Waals surface area contributed by atoms with E-state index in [0.29, 0.717) is 6.04 Å². The lowest BCUT2D eigenvalue weighted by Crippen LogP contribution is -2.63. The predicted octanol–water partition coefficient (Wildman–Crippen LogP) is 1.93. The first-order valence-electron chi connectivity index (χ1n) is 6.89. The highest BCUT2D eigenvalue weighted by molar-refractivity contribution is 5.85. The fourth-order valence-electron chi connectivity index (χ4n) is 2.90. The lowest BCUT2D eigenvalue weighted by Gasteiger charge is -2.55. The van der Waals surface area contributed by atoms with Crippen LogP contribution in [0.2, 0.25) is 0 Å². The molecule has 0 aromatic carbocycles. The Bertz CT molecular complexity index is 297. The molecule has 0 spiro atoms. The molecule has 1 aliphatic rings. The first-order valence-corrected chi connectivity index (χ1v) is 6.89. The topological polar surface area (TPSA) is 41.6 Å². The second kappa shape index (κ2) is 7.46. The molecule has 0 bridgehead atoms. The molecule has 0 aromatic heterocycles. The van der Waals surface area contributed by atoms with Gasteiger partial charge in [0.05, 0.1) is 6.10 Å². The first kappa shape index (κ1) is 18.7. The molecule has 5 heteroatoms. The summed E-state index contributed by atoms with van der Waals surface area (Å²) in [4.78, 5) is 14.2. The average Bonchev–Trinajstić information content (AvgIpc) is 2.32. The normalized spacial score (nSPS) is 26.0. The van der Waals surface area contributed by atoms with Crippen molar-refractivity contribution in [3.63, 3.8) is 0 Å². The third-order valence-electron chi connectivity index (χ3n) is 4.24. The number of hydrogen-bond donors (Lipinski definition) is 1. The summed E-state index contributed by atoms with van der Waals surface area (Å²) >= 11 is 0. The summed E-state index contributed by atoms with van der Waals surface area (Å²) in [5.41, 5.74) is 0.0553. The molecule has 1 fully saturated rings. The van der Waals surface area contributed by atoms with Crippen LogP contribution in [0.5, 0.6) is 0 Å². The van der Waals surface area contributed by atoms with Crippen LogP contribution in [0.4, 0.5) is 0 Å². The van der Waals surface area contributed by atoms with E-state index in [9.17, 15) is 4.79 Å². The third-order valence-corrected chi connectivity index (χ3v) is 4.24. The summed E-state index contributed by atoms with van der Waals surface area (Å²) in [5.74, 6) is 0.249. The predicted molar refractivity (Wildman–Crippen MR) is 80.7 cm³/mol. The van der Waals surface area contributed by atoms with Crippen molar-refractivity contribution < 1.29 is 9.53 Å². The van der Waals surface area contributed by atoms with Crippen molar-refractivity contribution in [2.45, 2.75) is 46.3 Å². The summed E-state index contributed by atoms with van der Waals surface area (Å²) < 4.78 is 5.71. The van der Waals surface area contributed by atoms with Gasteiger partial charge in [-0.15, -0.1) is 12.4 Å². The quantitative estimate of drug-likeness (QED) is 0.813. The van der Waals surface area contributed by atoms with Gasteiger partial charge in [-0.3, -0.25) is 4.79 Å². The van der Waals surface area contributed by atoms with Gasteiger partial charge in [0.2, 0.25) is 5.91 Å². The van der Waals surface area contributed by atoms with Gasteiger partial charge in [0.15, 0.2) is 0 Å². The Morgan fingerprint density at radius 3 is 2.53 bits per heavy atom. The largest absolute Gasteiger partial charge is 0.378 e. The maximum atomic E-state index is 12.3. The van der Waals surface area contributed by atoms with E-state index in [1.807, 2.05) is 32.8 Å². The summed E-state index contributed by atoms with van der Waals surface area (Å²) in [5, 5.41) is 3.06. The number of ether oxygens (including phenoxy) is 1. The van der Waals surface area contributed by atoms with Crippen LogP contribution < -0.4 is 5.32 Å². The lowest BCUT2D eigenvalue weighted by atomic mass is 9.63. The molecule has 0 radical (unpaired) electrons. The van der Waals surface area contributed by atoms with Gasteiger partial charge in [-0.2, -0.15) is 0 Å². The van der Waals surface area contributed by atoms with Crippen LogP contribution in [0.1, 0.15) is 34.1 Å². The standard InChI is InChI=1S/C14H28N2O2.ClH/c1-7-18-12-8-11(14(12,3)4)16(6)13(17)10(2)9-15-5;/h10-12,15H,7-9H2,1-6H3;1H. The maximum Gasteiger partial charge on any atom is 0.226 e. The van der Waals surface area contributed by atoms with Crippen molar-refractivity contribution in [1.82, 2.24) is 10.2 Å². The molecule has 4 nitrogen and oxygen atoms in total. The van der Waals surface area contributed by atoms with Crippen molar-refractivity contribution in [1.29, 1.82) is 0 Å². The van der Waals surface area contributed by atoms with E-state index in [1.165, 1.54) is 0 Å². The average molecular weight is 293 g/mol. The van der Waals surface area contributed by atoms with Gasteiger partial charge < -0.3 is 15.0 Å². The highest BCUT2D eigenvalue weighted by Crippen LogP contribution is 2.45. The number of amides is 1. The minimum atomic E-state index is 0. The molecule has 0 saturated heterocycles. The molecule has 0 aromatic rings. The second-order valence-corrected chi connectivity index (χ2v) is 5.92. The SMILES string of the molecule is CCOC1CC(N(C)C(=O)C(C)CNC)C1(C)C.Cl.